The van der Waals surface area contributed by atoms with E-state index >= 15 is 0 Å². The molecule has 0 heterocycles. The minimum atomic E-state index is 0.101. The van der Waals surface area contributed by atoms with Gasteiger partial charge in [-0.25, -0.2) is 0 Å². The quantitative estimate of drug-likeness (QED) is 0.648. The van der Waals surface area contributed by atoms with Gasteiger partial charge in [0.15, 0.2) is 0 Å². The number of hydrogen-bond donors (Lipinski definition) is 2. The zero-order valence-corrected chi connectivity index (χ0v) is 12.2. The second kappa shape index (κ2) is 6.05. The van der Waals surface area contributed by atoms with Crippen LogP contribution in [-0.4, -0.2) is 18.9 Å². The van der Waals surface area contributed by atoms with E-state index in [1.165, 1.54) is 0 Å². The van der Waals surface area contributed by atoms with Crippen LogP contribution in [0.1, 0.15) is 26.3 Å². The van der Waals surface area contributed by atoms with Crippen LogP contribution in [0.25, 0.3) is 0 Å². The SMILES string of the molecule is CCN(CC(C)C)c1ccc(C(=N)N)cc1Br. The van der Waals surface area contributed by atoms with Gasteiger partial charge in [-0.15, -0.1) is 0 Å². The molecule has 0 aliphatic rings. The Balaban J connectivity index is 3.00. The molecule has 0 unspecified atom stereocenters. The molecular weight excluding hydrogens is 278 g/mol. The van der Waals surface area contributed by atoms with Crippen molar-refractivity contribution in [1.29, 1.82) is 5.41 Å². The molecule has 0 bridgehead atoms. The molecule has 0 radical (unpaired) electrons. The first kappa shape index (κ1) is 14.0. The zero-order valence-electron chi connectivity index (χ0n) is 10.6. The van der Waals surface area contributed by atoms with Crippen LogP contribution in [0, 0.1) is 11.3 Å². The van der Waals surface area contributed by atoms with E-state index in [9.17, 15) is 0 Å². The van der Waals surface area contributed by atoms with Gasteiger partial charge in [0.05, 0.1) is 5.69 Å². The highest BCUT2D eigenvalue weighted by atomic mass is 79.9. The van der Waals surface area contributed by atoms with Crippen molar-refractivity contribution in [1.82, 2.24) is 0 Å². The number of nitrogens with one attached hydrogen (secondary N) is 1. The maximum absolute atomic E-state index is 7.41. The van der Waals surface area contributed by atoms with E-state index in [-0.39, 0.29) is 5.84 Å². The van der Waals surface area contributed by atoms with Crippen molar-refractivity contribution in [2.45, 2.75) is 20.8 Å². The van der Waals surface area contributed by atoms with Gasteiger partial charge in [0.2, 0.25) is 0 Å². The van der Waals surface area contributed by atoms with E-state index < -0.39 is 0 Å². The highest BCUT2D eigenvalue weighted by molar-refractivity contribution is 9.10. The van der Waals surface area contributed by atoms with Gasteiger partial charge in [-0.2, -0.15) is 0 Å². The third kappa shape index (κ3) is 3.73. The molecule has 0 saturated heterocycles. The maximum atomic E-state index is 7.41. The van der Waals surface area contributed by atoms with Crippen LogP contribution in [0.2, 0.25) is 0 Å². The Morgan fingerprint density at radius 3 is 2.53 bits per heavy atom. The van der Waals surface area contributed by atoms with Gasteiger partial charge in [-0.3, -0.25) is 5.41 Å². The minimum Gasteiger partial charge on any atom is -0.384 e. The fourth-order valence-electron chi connectivity index (χ4n) is 1.77. The molecule has 0 saturated carbocycles. The van der Waals surface area contributed by atoms with Crippen molar-refractivity contribution in [2.24, 2.45) is 11.7 Å². The second-order valence-electron chi connectivity index (χ2n) is 4.51. The number of anilines is 1. The number of hydrogen-bond acceptors (Lipinski definition) is 2. The van der Waals surface area contributed by atoms with Crippen molar-refractivity contribution in [3.05, 3.63) is 28.2 Å². The third-order valence-corrected chi connectivity index (χ3v) is 3.20. The molecule has 1 aromatic rings. The minimum absolute atomic E-state index is 0.101. The van der Waals surface area contributed by atoms with Crippen molar-refractivity contribution >= 4 is 27.5 Å². The Morgan fingerprint density at radius 2 is 2.12 bits per heavy atom. The van der Waals surface area contributed by atoms with Crippen LogP contribution < -0.4 is 10.6 Å². The maximum Gasteiger partial charge on any atom is 0.122 e. The summed E-state index contributed by atoms with van der Waals surface area (Å²) >= 11 is 3.55. The lowest BCUT2D eigenvalue weighted by Gasteiger charge is -2.26. The van der Waals surface area contributed by atoms with Gasteiger partial charge in [-0.05, 0) is 47.0 Å². The standard InChI is InChI=1S/C13H20BrN3/c1-4-17(8-9(2)3)12-6-5-10(13(15)16)7-11(12)14/h5-7,9H,4,8H2,1-3H3,(H3,15,16). The molecule has 0 spiro atoms. The van der Waals surface area contributed by atoms with Gasteiger partial charge in [-0.1, -0.05) is 13.8 Å². The highest BCUT2D eigenvalue weighted by Gasteiger charge is 2.11. The lowest BCUT2D eigenvalue weighted by molar-refractivity contribution is 0.618. The van der Waals surface area contributed by atoms with Crippen LogP contribution in [-0.2, 0) is 0 Å². The summed E-state index contributed by atoms with van der Waals surface area (Å²) in [6.07, 6.45) is 0. The topological polar surface area (TPSA) is 53.1 Å². The summed E-state index contributed by atoms with van der Waals surface area (Å²) in [5.41, 5.74) is 7.38. The zero-order chi connectivity index (χ0) is 13.0. The van der Waals surface area contributed by atoms with Gasteiger partial charge in [0.25, 0.3) is 0 Å². The average Bonchev–Trinajstić information content (AvgIpc) is 2.25. The Labute approximate surface area is 112 Å². The van der Waals surface area contributed by atoms with Crippen molar-refractivity contribution in [3.63, 3.8) is 0 Å². The summed E-state index contributed by atoms with van der Waals surface area (Å²) < 4.78 is 0.993. The largest absolute Gasteiger partial charge is 0.384 e. The van der Waals surface area contributed by atoms with E-state index in [0.717, 1.165) is 28.8 Å². The summed E-state index contributed by atoms with van der Waals surface area (Å²) in [6.45, 7) is 8.55. The molecule has 0 amide bonds. The van der Waals surface area contributed by atoms with E-state index in [1.807, 2.05) is 18.2 Å². The predicted octanol–water partition coefficient (Wildman–Crippen LogP) is 3.22. The first-order chi connectivity index (χ1) is 7.95. The van der Waals surface area contributed by atoms with Crippen LogP contribution >= 0.6 is 15.9 Å². The molecule has 0 aliphatic heterocycles. The summed E-state index contributed by atoms with van der Waals surface area (Å²) in [4.78, 5) is 2.32. The fourth-order valence-corrected chi connectivity index (χ4v) is 2.40. The van der Waals surface area contributed by atoms with Gasteiger partial charge in [0, 0.05) is 23.1 Å². The Bertz CT molecular complexity index is 402. The van der Waals surface area contributed by atoms with Gasteiger partial charge >= 0.3 is 0 Å². The molecular formula is C13H20BrN3. The normalized spacial score (nSPS) is 10.6. The molecule has 0 aromatic heterocycles. The summed E-state index contributed by atoms with van der Waals surface area (Å²) in [6, 6.07) is 5.82. The number of benzene rings is 1. The number of amidine groups is 1. The van der Waals surface area contributed by atoms with E-state index in [2.05, 4.69) is 41.6 Å². The Hall–Kier alpha value is -1.03. The van der Waals surface area contributed by atoms with Crippen LogP contribution in [0.15, 0.2) is 22.7 Å². The second-order valence-corrected chi connectivity index (χ2v) is 5.37. The molecule has 0 atom stereocenters. The molecule has 17 heavy (non-hydrogen) atoms. The molecule has 94 valence electrons. The molecule has 3 nitrogen and oxygen atoms in total. The van der Waals surface area contributed by atoms with E-state index in [0.29, 0.717) is 5.92 Å². The Morgan fingerprint density at radius 1 is 1.47 bits per heavy atom. The van der Waals surface area contributed by atoms with Crippen LogP contribution in [0.4, 0.5) is 5.69 Å². The van der Waals surface area contributed by atoms with Crippen molar-refractivity contribution < 1.29 is 0 Å². The van der Waals surface area contributed by atoms with Crippen LogP contribution in [0.5, 0.6) is 0 Å². The molecule has 0 aliphatic carbocycles. The first-order valence-electron chi connectivity index (χ1n) is 5.84. The van der Waals surface area contributed by atoms with E-state index in [4.69, 9.17) is 11.1 Å². The number of nitrogens with two attached hydrogens (primary N) is 1. The predicted molar refractivity (Wildman–Crippen MR) is 77.9 cm³/mol. The van der Waals surface area contributed by atoms with Gasteiger partial charge < -0.3 is 10.6 Å². The molecule has 0 fully saturated rings. The Kier molecular flexibility index (Phi) is 5.00. The summed E-state index contributed by atoms with van der Waals surface area (Å²) in [5.74, 6) is 0.721. The molecule has 1 rings (SSSR count). The molecule has 3 N–H and O–H groups in total. The van der Waals surface area contributed by atoms with Crippen LogP contribution in [0.3, 0.4) is 0 Å². The van der Waals surface area contributed by atoms with E-state index in [1.54, 1.807) is 0 Å². The van der Waals surface area contributed by atoms with Gasteiger partial charge in [0.1, 0.15) is 5.84 Å². The van der Waals surface area contributed by atoms with Crippen molar-refractivity contribution in [2.75, 3.05) is 18.0 Å². The van der Waals surface area contributed by atoms with Crippen molar-refractivity contribution in [3.8, 4) is 0 Å². The first-order valence-corrected chi connectivity index (χ1v) is 6.63. The number of rotatable bonds is 5. The third-order valence-electron chi connectivity index (χ3n) is 2.57. The lowest BCUT2D eigenvalue weighted by Crippen LogP contribution is -2.27. The number of halogens is 1. The molecule has 1 aromatic carbocycles. The number of nitrogens with zero attached hydrogens (tertiary/aromatic N) is 1. The fraction of sp³-hybridized carbons (Fsp3) is 0.462. The highest BCUT2D eigenvalue weighted by Crippen LogP contribution is 2.27. The lowest BCUT2D eigenvalue weighted by atomic mass is 10.1. The number of nitrogen functional groups attached to an aromatic ring is 1. The summed E-state index contributed by atoms with van der Waals surface area (Å²) in [7, 11) is 0. The monoisotopic (exact) mass is 297 g/mol. The average molecular weight is 298 g/mol. The smallest absolute Gasteiger partial charge is 0.122 e. The summed E-state index contributed by atoms with van der Waals surface area (Å²) in [5, 5.41) is 7.41. The molecule has 4 heteroatoms.